The average Bonchev–Trinajstić information content (AvgIpc) is 2.93. The van der Waals surface area contributed by atoms with Crippen LogP contribution in [0.5, 0.6) is 0 Å². The number of hydrogen-bond acceptors (Lipinski definition) is 2. The van der Waals surface area contributed by atoms with Crippen LogP contribution in [0.25, 0.3) is 0 Å². The molecule has 2 fully saturated rings. The summed E-state index contributed by atoms with van der Waals surface area (Å²) in [7, 11) is 0. The molecule has 0 heterocycles. The van der Waals surface area contributed by atoms with Gasteiger partial charge in [0, 0.05) is 19.2 Å². The Balaban J connectivity index is 1.69. The molecule has 0 aromatic heterocycles. The lowest BCUT2D eigenvalue weighted by Gasteiger charge is -2.32. The molecule has 0 radical (unpaired) electrons. The second kappa shape index (κ2) is 6.22. The number of alkyl halides is 3. The van der Waals surface area contributed by atoms with E-state index in [1.54, 1.807) is 0 Å². The van der Waals surface area contributed by atoms with Crippen LogP contribution in [-0.4, -0.2) is 32.0 Å². The predicted molar refractivity (Wildman–Crippen MR) is 72.5 cm³/mol. The van der Waals surface area contributed by atoms with Crippen LogP contribution in [0.4, 0.5) is 13.2 Å². The number of hydrogen-bond donors (Lipinski definition) is 1. The Morgan fingerprint density at radius 3 is 2.45 bits per heavy atom. The molecule has 2 rings (SSSR count). The van der Waals surface area contributed by atoms with E-state index in [0.717, 1.165) is 31.2 Å². The van der Waals surface area contributed by atoms with E-state index >= 15 is 0 Å². The largest absolute Gasteiger partial charge is 0.411 e. The molecule has 2 saturated carbocycles. The molecule has 0 aromatic rings. The molecule has 2 unspecified atom stereocenters. The lowest BCUT2D eigenvalue weighted by atomic mass is 9.78. The van der Waals surface area contributed by atoms with Gasteiger partial charge in [-0.15, -0.1) is 0 Å². The van der Waals surface area contributed by atoms with Crippen molar-refractivity contribution >= 4 is 0 Å². The number of nitrogens with one attached hydrogen (secondary N) is 1. The van der Waals surface area contributed by atoms with E-state index in [2.05, 4.69) is 19.2 Å². The first-order chi connectivity index (χ1) is 9.30. The van der Waals surface area contributed by atoms with Crippen LogP contribution in [0.3, 0.4) is 0 Å². The zero-order valence-corrected chi connectivity index (χ0v) is 12.4. The quantitative estimate of drug-likeness (QED) is 0.688. The Kier molecular flexibility index (Phi) is 5.00. The van der Waals surface area contributed by atoms with Gasteiger partial charge in [0.15, 0.2) is 0 Å². The summed E-state index contributed by atoms with van der Waals surface area (Å²) >= 11 is 0. The van der Waals surface area contributed by atoms with E-state index < -0.39 is 12.8 Å². The monoisotopic (exact) mass is 293 g/mol. The average molecular weight is 293 g/mol. The molecule has 0 aliphatic heterocycles. The predicted octanol–water partition coefficient (Wildman–Crippen LogP) is 3.76. The van der Waals surface area contributed by atoms with E-state index in [9.17, 15) is 13.2 Å². The van der Waals surface area contributed by atoms with Gasteiger partial charge in [0.25, 0.3) is 0 Å². The van der Waals surface area contributed by atoms with Crippen molar-refractivity contribution in [1.82, 2.24) is 5.32 Å². The van der Waals surface area contributed by atoms with Gasteiger partial charge < -0.3 is 10.1 Å². The van der Waals surface area contributed by atoms with Gasteiger partial charge in [-0.25, -0.2) is 0 Å². The standard InChI is InChI=1S/C15H26F3NO/c1-11(2)19-9-14(7-12-6-13(12)8-14)4-3-5-20-10-15(16,17)18/h11-13,19H,3-10H2,1-2H3. The molecule has 0 aromatic carbocycles. The molecule has 0 amide bonds. The summed E-state index contributed by atoms with van der Waals surface area (Å²) in [6.45, 7) is 4.37. The third-order valence-electron chi connectivity index (χ3n) is 4.61. The highest BCUT2D eigenvalue weighted by molar-refractivity contribution is 5.04. The molecule has 118 valence electrons. The minimum Gasteiger partial charge on any atom is -0.372 e. The zero-order valence-electron chi connectivity index (χ0n) is 12.4. The number of fused-ring (bicyclic) bond motifs is 1. The zero-order chi connectivity index (χ0) is 14.8. The molecule has 2 nitrogen and oxygen atoms in total. The molecule has 2 aliphatic rings. The van der Waals surface area contributed by atoms with E-state index in [4.69, 9.17) is 4.74 Å². The van der Waals surface area contributed by atoms with Crippen LogP contribution in [0.15, 0.2) is 0 Å². The number of ether oxygens (including phenoxy) is 1. The van der Waals surface area contributed by atoms with E-state index in [-0.39, 0.29) is 6.61 Å². The molecule has 2 atom stereocenters. The van der Waals surface area contributed by atoms with Crippen molar-refractivity contribution in [3.63, 3.8) is 0 Å². The maximum absolute atomic E-state index is 12.0. The molecular weight excluding hydrogens is 267 g/mol. The summed E-state index contributed by atoms with van der Waals surface area (Å²) in [5, 5.41) is 3.51. The molecule has 20 heavy (non-hydrogen) atoms. The minimum absolute atomic E-state index is 0.221. The Labute approximate surface area is 119 Å². The molecular formula is C15H26F3NO. The van der Waals surface area contributed by atoms with Crippen molar-refractivity contribution in [2.24, 2.45) is 17.3 Å². The first-order valence-corrected chi connectivity index (χ1v) is 7.68. The SMILES string of the molecule is CC(C)NCC1(CCCOCC(F)(F)F)CC2CC2C1. The smallest absolute Gasteiger partial charge is 0.372 e. The highest BCUT2D eigenvalue weighted by Crippen LogP contribution is 2.61. The van der Waals surface area contributed by atoms with Gasteiger partial charge in [0.1, 0.15) is 6.61 Å². The Morgan fingerprint density at radius 1 is 1.25 bits per heavy atom. The summed E-state index contributed by atoms with van der Waals surface area (Å²) in [5.74, 6) is 1.78. The molecule has 0 saturated heterocycles. The van der Waals surface area contributed by atoms with Gasteiger partial charge in [-0.1, -0.05) is 13.8 Å². The summed E-state index contributed by atoms with van der Waals surface area (Å²) < 4.78 is 40.7. The number of rotatable bonds is 8. The van der Waals surface area contributed by atoms with Crippen LogP contribution in [0.2, 0.25) is 0 Å². The van der Waals surface area contributed by atoms with Gasteiger partial charge in [-0.2, -0.15) is 13.2 Å². The van der Waals surface area contributed by atoms with Crippen molar-refractivity contribution in [3.05, 3.63) is 0 Å². The van der Waals surface area contributed by atoms with E-state index in [1.165, 1.54) is 19.3 Å². The highest BCUT2D eigenvalue weighted by Gasteiger charge is 2.52. The summed E-state index contributed by atoms with van der Waals surface area (Å²) in [4.78, 5) is 0. The molecule has 2 aliphatic carbocycles. The van der Waals surface area contributed by atoms with Gasteiger partial charge in [-0.3, -0.25) is 0 Å². The maximum atomic E-state index is 12.0. The van der Waals surface area contributed by atoms with E-state index in [1.807, 2.05) is 0 Å². The third-order valence-corrected chi connectivity index (χ3v) is 4.61. The molecule has 1 N–H and O–H groups in total. The van der Waals surface area contributed by atoms with Gasteiger partial charge in [-0.05, 0) is 49.4 Å². The van der Waals surface area contributed by atoms with Crippen molar-refractivity contribution in [2.75, 3.05) is 19.8 Å². The fourth-order valence-corrected chi connectivity index (χ4v) is 3.60. The lowest BCUT2D eigenvalue weighted by molar-refractivity contribution is -0.174. The normalized spacial score (nSPS) is 32.7. The van der Waals surface area contributed by atoms with Crippen molar-refractivity contribution in [3.8, 4) is 0 Å². The lowest BCUT2D eigenvalue weighted by Crippen LogP contribution is -2.37. The Bertz CT molecular complexity index is 307. The Hall–Kier alpha value is -0.290. The summed E-state index contributed by atoms with van der Waals surface area (Å²) in [5.41, 5.74) is 0.305. The first-order valence-electron chi connectivity index (χ1n) is 7.68. The van der Waals surface area contributed by atoms with Crippen molar-refractivity contribution < 1.29 is 17.9 Å². The first kappa shape index (κ1) is 16.1. The topological polar surface area (TPSA) is 21.3 Å². The van der Waals surface area contributed by atoms with Gasteiger partial charge in [0.2, 0.25) is 0 Å². The fraction of sp³-hybridized carbons (Fsp3) is 1.00. The fourth-order valence-electron chi connectivity index (χ4n) is 3.60. The third kappa shape index (κ3) is 4.92. The van der Waals surface area contributed by atoms with Crippen molar-refractivity contribution in [1.29, 1.82) is 0 Å². The highest BCUT2D eigenvalue weighted by atomic mass is 19.4. The molecule has 0 bridgehead atoms. The summed E-state index contributed by atoms with van der Waals surface area (Å²) in [6, 6.07) is 0.463. The van der Waals surface area contributed by atoms with Crippen molar-refractivity contribution in [2.45, 2.75) is 58.2 Å². The number of halogens is 3. The second-order valence-electron chi connectivity index (χ2n) is 6.97. The molecule has 5 heteroatoms. The Morgan fingerprint density at radius 2 is 1.90 bits per heavy atom. The van der Waals surface area contributed by atoms with Crippen LogP contribution < -0.4 is 5.32 Å². The van der Waals surface area contributed by atoms with Crippen LogP contribution >= 0.6 is 0 Å². The van der Waals surface area contributed by atoms with Crippen LogP contribution in [0, 0.1) is 17.3 Å². The second-order valence-corrected chi connectivity index (χ2v) is 6.97. The van der Waals surface area contributed by atoms with E-state index in [0.29, 0.717) is 11.5 Å². The van der Waals surface area contributed by atoms with Gasteiger partial charge >= 0.3 is 6.18 Å². The van der Waals surface area contributed by atoms with Crippen LogP contribution in [0.1, 0.15) is 46.0 Å². The molecule has 0 spiro atoms. The minimum atomic E-state index is -4.20. The van der Waals surface area contributed by atoms with Crippen LogP contribution in [-0.2, 0) is 4.74 Å². The summed E-state index contributed by atoms with van der Waals surface area (Å²) in [6.07, 6.45) is 1.38. The maximum Gasteiger partial charge on any atom is 0.411 e. The van der Waals surface area contributed by atoms with Gasteiger partial charge in [0.05, 0.1) is 0 Å².